The first-order chi connectivity index (χ1) is 16.2. The first-order valence-corrected chi connectivity index (χ1v) is 11.8. The molecule has 176 valence electrons. The van der Waals surface area contributed by atoms with Gasteiger partial charge in [-0.1, -0.05) is 6.07 Å². The number of fused-ring (bicyclic) bond motifs is 1. The monoisotopic (exact) mass is 452 g/mol. The summed E-state index contributed by atoms with van der Waals surface area (Å²) in [7, 11) is 0. The third kappa shape index (κ3) is 5.82. The van der Waals surface area contributed by atoms with Crippen LogP contribution < -0.4 is 14.8 Å². The van der Waals surface area contributed by atoms with Gasteiger partial charge in [0, 0.05) is 58.2 Å². The van der Waals surface area contributed by atoms with Gasteiger partial charge in [0.2, 0.25) is 12.7 Å². The van der Waals surface area contributed by atoms with Crippen molar-refractivity contribution in [2.75, 3.05) is 52.7 Å². The van der Waals surface area contributed by atoms with Crippen molar-refractivity contribution in [1.82, 2.24) is 20.1 Å². The number of piperidine rings is 1. The van der Waals surface area contributed by atoms with Crippen molar-refractivity contribution in [3.05, 3.63) is 53.9 Å². The summed E-state index contributed by atoms with van der Waals surface area (Å²) in [6.45, 7) is 7.93. The van der Waals surface area contributed by atoms with E-state index in [1.165, 1.54) is 5.56 Å². The fourth-order valence-electron chi connectivity index (χ4n) is 5.03. The highest BCUT2D eigenvalue weighted by Crippen LogP contribution is 2.32. The smallest absolute Gasteiger partial charge is 0.231 e. The van der Waals surface area contributed by atoms with Crippen molar-refractivity contribution in [2.45, 2.75) is 19.5 Å². The molecule has 8 heteroatoms. The quantitative estimate of drug-likeness (QED) is 0.688. The minimum atomic E-state index is -0.0272. The molecule has 0 bridgehead atoms. The van der Waals surface area contributed by atoms with Crippen molar-refractivity contribution in [1.29, 1.82) is 0 Å². The summed E-state index contributed by atoms with van der Waals surface area (Å²) < 4.78 is 16.3. The average Bonchev–Trinajstić information content (AvgIpc) is 3.32. The molecule has 3 aliphatic heterocycles. The van der Waals surface area contributed by atoms with Crippen molar-refractivity contribution in [3.8, 4) is 11.5 Å². The topological polar surface area (TPSA) is 76.2 Å². The maximum Gasteiger partial charge on any atom is 0.231 e. The molecule has 0 spiro atoms. The number of nitrogens with zero attached hydrogens (tertiary/aromatic N) is 3. The summed E-state index contributed by atoms with van der Waals surface area (Å²) >= 11 is 0. The van der Waals surface area contributed by atoms with E-state index in [-0.39, 0.29) is 18.6 Å². The maximum absolute atomic E-state index is 13.2. The van der Waals surface area contributed by atoms with E-state index in [4.69, 9.17) is 14.2 Å². The Morgan fingerprint density at radius 2 is 1.82 bits per heavy atom. The molecule has 8 nitrogen and oxygen atoms in total. The molecule has 4 heterocycles. The fraction of sp³-hybridized carbons (Fsp3) is 0.520. The molecule has 1 N–H and O–H groups in total. The van der Waals surface area contributed by atoms with Crippen LogP contribution in [0, 0.1) is 11.8 Å². The Hall–Kier alpha value is -2.68. The summed E-state index contributed by atoms with van der Waals surface area (Å²) in [5.74, 6) is 2.06. The normalized spacial score (nSPS) is 23.4. The largest absolute Gasteiger partial charge is 0.454 e. The second-order valence-electron chi connectivity index (χ2n) is 9.17. The minimum absolute atomic E-state index is 0.0272. The first-order valence-electron chi connectivity index (χ1n) is 11.8. The summed E-state index contributed by atoms with van der Waals surface area (Å²) in [5.41, 5.74) is 2.25. The number of benzene rings is 1. The van der Waals surface area contributed by atoms with Crippen LogP contribution in [-0.2, 0) is 22.6 Å². The van der Waals surface area contributed by atoms with Gasteiger partial charge >= 0.3 is 0 Å². The first kappa shape index (κ1) is 22.1. The van der Waals surface area contributed by atoms with Gasteiger partial charge in [-0.2, -0.15) is 0 Å². The van der Waals surface area contributed by atoms with Gasteiger partial charge in [-0.25, -0.2) is 0 Å². The number of rotatable bonds is 7. The van der Waals surface area contributed by atoms with Gasteiger partial charge in [-0.15, -0.1) is 0 Å². The summed E-state index contributed by atoms with van der Waals surface area (Å²) in [6, 6.07) is 9.94. The van der Waals surface area contributed by atoms with E-state index in [1.54, 1.807) is 0 Å². The highest BCUT2D eigenvalue weighted by Gasteiger charge is 2.32. The van der Waals surface area contributed by atoms with E-state index in [0.29, 0.717) is 12.5 Å². The number of pyridine rings is 1. The molecule has 2 aromatic rings. The van der Waals surface area contributed by atoms with Crippen LogP contribution in [0.3, 0.4) is 0 Å². The zero-order valence-corrected chi connectivity index (χ0v) is 18.9. The van der Waals surface area contributed by atoms with Crippen molar-refractivity contribution in [3.63, 3.8) is 0 Å². The van der Waals surface area contributed by atoms with Gasteiger partial charge in [0.1, 0.15) is 0 Å². The van der Waals surface area contributed by atoms with Crippen LogP contribution >= 0.6 is 0 Å². The number of morpholine rings is 1. The molecular formula is C25H32N4O4. The lowest BCUT2D eigenvalue weighted by atomic mass is 9.87. The molecule has 33 heavy (non-hydrogen) atoms. The summed E-state index contributed by atoms with van der Waals surface area (Å²) in [6.07, 6.45) is 4.58. The van der Waals surface area contributed by atoms with E-state index in [9.17, 15) is 4.79 Å². The molecule has 0 saturated carbocycles. The van der Waals surface area contributed by atoms with Crippen LogP contribution in [-0.4, -0.2) is 73.4 Å². The van der Waals surface area contributed by atoms with Crippen LogP contribution in [0.4, 0.5) is 0 Å². The molecule has 2 atom stereocenters. The van der Waals surface area contributed by atoms with Crippen molar-refractivity contribution in [2.24, 2.45) is 11.8 Å². The van der Waals surface area contributed by atoms with Crippen LogP contribution in [0.25, 0.3) is 0 Å². The molecule has 2 fully saturated rings. The number of hydrogen-bond donors (Lipinski definition) is 1. The average molecular weight is 453 g/mol. The van der Waals surface area contributed by atoms with Gasteiger partial charge < -0.3 is 19.5 Å². The van der Waals surface area contributed by atoms with E-state index in [0.717, 1.165) is 76.0 Å². The molecule has 3 aliphatic rings. The predicted octanol–water partition coefficient (Wildman–Crippen LogP) is 1.90. The Morgan fingerprint density at radius 3 is 2.67 bits per heavy atom. The fourth-order valence-corrected chi connectivity index (χ4v) is 5.03. The number of nitrogens with one attached hydrogen (secondary N) is 1. The third-order valence-electron chi connectivity index (χ3n) is 6.66. The third-order valence-corrected chi connectivity index (χ3v) is 6.66. The lowest BCUT2D eigenvalue weighted by Gasteiger charge is -2.40. The Kier molecular flexibility index (Phi) is 7.04. The van der Waals surface area contributed by atoms with E-state index in [1.807, 2.05) is 30.6 Å². The number of carbonyl (C=O) groups excluding carboxylic acids is 1. The van der Waals surface area contributed by atoms with Gasteiger partial charge in [-0.05, 0) is 47.7 Å². The van der Waals surface area contributed by atoms with Crippen LogP contribution in [0.5, 0.6) is 11.5 Å². The molecular weight excluding hydrogens is 420 g/mol. The number of carbonyl (C=O) groups is 1. The van der Waals surface area contributed by atoms with E-state index in [2.05, 4.69) is 32.2 Å². The van der Waals surface area contributed by atoms with Crippen molar-refractivity contribution >= 4 is 5.91 Å². The molecule has 1 aromatic heterocycles. The van der Waals surface area contributed by atoms with E-state index >= 15 is 0 Å². The molecule has 1 amide bonds. The highest BCUT2D eigenvalue weighted by atomic mass is 16.7. The second kappa shape index (κ2) is 10.5. The summed E-state index contributed by atoms with van der Waals surface area (Å²) in [4.78, 5) is 22.2. The highest BCUT2D eigenvalue weighted by molar-refractivity contribution is 5.79. The Bertz CT molecular complexity index is 935. The molecule has 1 aromatic carbocycles. The molecule has 0 unspecified atom stereocenters. The van der Waals surface area contributed by atoms with Gasteiger partial charge in [-0.3, -0.25) is 19.6 Å². The van der Waals surface area contributed by atoms with Gasteiger partial charge in [0.15, 0.2) is 11.5 Å². The minimum Gasteiger partial charge on any atom is -0.454 e. The van der Waals surface area contributed by atoms with Gasteiger partial charge in [0.25, 0.3) is 0 Å². The molecule has 2 saturated heterocycles. The maximum atomic E-state index is 13.2. The van der Waals surface area contributed by atoms with Crippen molar-refractivity contribution < 1.29 is 19.0 Å². The van der Waals surface area contributed by atoms with Crippen LogP contribution in [0.15, 0.2) is 42.7 Å². The standard InChI is InChI=1S/C25H32N4O4/c30-25(27-13-20-1-2-23-24(12-20)33-18-32-23)22-11-21(15-28-7-9-31-10-8-28)16-29(17-22)14-19-3-5-26-6-4-19/h1-6,12,21-22H,7-11,13-18H2,(H,27,30)/t21-,22-/m1/s1. The van der Waals surface area contributed by atoms with Crippen LogP contribution in [0.1, 0.15) is 17.5 Å². The number of aromatic nitrogens is 1. The van der Waals surface area contributed by atoms with Crippen LogP contribution in [0.2, 0.25) is 0 Å². The predicted molar refractivity (Wildman–Crippen MR) is 123 cm³/mol. The zero-order valence-electron chi connectivity index (χ0n) is 18.9. The Labute approximate surface area is 194 Å². The van der Waals surface area contributed by atoms with Gasteiger partial charge in [0.05, 0.1) is 19.1 Å². The SMILES string of the molecule is O=C(NCc1ccc2c(c1)OCO2)[C@@H]1C[C@H](CN2CCOCC2)CN(Cc2ccncc2)C1. The Morgan fingerprint density at radius 1 is 1.00 bits per heavy atom. The second-order valence-corrected chi connectivity index (χ2v) is 9.17. The molecule has 0 aliphatic carbocycles. The number of likely N-dealkylation sites (tertiary alicyclic amines) is 1. The zero-order chi connectivity index (χ0) is 22.5. The summed E-state index contributed by atoms with van der Waals surface area (Å²) in [5, 5.41) is 3.16. The molecule has 0 radical (unpaired) electrons. The Balaban J connectivity index is 1.22. The lowest BCUT2D eigenvalue weighted by molar-refractivity contribution is -0.128. The molecule has 5 rings (SSSR count). The number of hydrogen-bond acceptors (Lipinski definition) is 7. The lowest BCUT2D eigenvalue weighted by Crippen LogP contribution is -2.49. The number of ether oxygens (including phenoxy) is 3. The van der Waals surface area contributed by atoms with E-state index < -0.39 is 0 Å². The number of amides is 1.